The summed E-state index contributed by atoms with van der Waals surface area (Å²) in [5, 5.41) is 9.33. The molecule has 0 saturated heterocycles. The van der Waals surface area contributed by atoms with Crippen LogP contribution in [0.1, 0.15) is 28.7 Å². The summed E-state index contributed by atoms with van der Waals surface area (Å²) in [5.74, 6) is -0.498. The summed E-state index contributed by atoms with van der Waals surface area (Å²) in [5.41, 5.74) is 2.07. The van der Waals surface area contributed by atoms with Gasteiger partial charge in [0.1, 0.15) is 0 Å². The van der Waals surface area contributed by atoms with Crippen LogP contribution in [0.4, 0.5) is 0 Å². The lowest BCUT2D eigenvalue weighted by atomic mass is 10.2. The van der Waals surface area contributed by atoms with Gasteiger partial charge >= 0.3 is 5.97 Å². The molecule has 2 aromatic rings. The molecule has 0 bridgehead atoms. The number of esters is 1. The molecule has 22 heavy (non-hydrogen) atoms. The molecule has 7 nitrogen and oxygen atoms in total. The number of hydrogen-bond donors (Lipinski definition) is 1. The molecule has 2 rings (SSSR count). The van der Waals surface area contributed by atoms with Crippen molar-refractivity contribution in [2.75, 3.05) is 6.61 Å². The summed E-state index contributed by atoms with van der Waals surface area (Å²) in [6, 6.07) is 6.27. The fourth-order valence-corrected chi connectivity index (χ4v) is 2.89. The lowest BCUT2D eigenvalue weighted by Gasteiger charge is -2.08. The van der Waals surface area contributed by atoms with Crippen LogP contribution in [0.3, 0.4) is 0 Å². The average Bonchev–Trinajstić information content (AvgIpc) is 2.79. The van der Waals surface area contributed by atoms with Crippen LogP contribution < -0.4 is 5.14 Å². The van der Waals surface area contributed by atoms with Crippen molar-refractivity contribution in [3.8, 4) is 5.69 Å². The monoisotopic (exact) mass is 323 g/mol. The van der Waals surface area contributed by atoms with Gasteiger partial charge < -0.3 is 4.74 Å². The van der Waals surface area contributed by atoms with E-state index >= 15 is 0 Å². The van der Waals surface area contributed by atoms with Crippen LogP contribution in [-0.4, -0.2) is 30.8 Å². The molecule has 0 atom stereocenters. The molecule has 0 saturated carbocycles. The van der Waals surface area contributed by atoms with Gasteiger partial charge in [-0.25, -0.2) is 23.0 Å². The summed E-state index contributed by atoms with van der Waals surface area (Å²) in [6.45, 7) is 5.43. The van der Waals surface area contributed by atoms with Crippen molar-refractivity contribution in [2.45, 2.75) is 25.7 Å². The molecule has 0 unspecified atom stereocenters. The molecule has 0 aliphatic heterocycles. The molecule has 1 aromatic heterocycles. The van der Waals surface area contributed by atoms with Crippen LogP contribution in [0, 0.1) is 13.8 Å². The van der Waals surface area contributed by atoms with E-state index in [1.54, 1.807) is 43.7 Å². The molecule has 2 N–H and O–H groups in total. The van der Waals surface area contributed by atoms with Crippen LogP contribution in [0.25, 0.3) is 5.69 Å². The SMILES string of the molecule is CCOC(=O)c1cc(C)n(-c2ccc(S(N)(=O)=O)c(C)c2)n1. The fraction of sp³-hybridized carbons (Fsp3) is 0.286. The molecule has 118 valence electrons. The van der Waals surface area contributed by atoms with E-state index in [0.717, 1.165) is 5.69 Å². The quantitative estimate of drug-likeness (QED) is 0.854. The number of aromatic nitrogens is 2. The molecule has 0 spiro atoms. The summed E-state index contributed by atoms with van der Waals surface area (Å²) in [7, 11) is -3.76. The van der Waals surface area contributed by atoms with E-state index in [1.165, 1.54) is 6.07 Å². The Morgan fingerprint density at radius 2 is 2.00 bits per heavy atom. The minimum Gasteiger partial charge on any atom is -0.461 e. The van der Waals surface area contributed by atoms with Crippen LogP contribution in [0.2, 0.25) is 0 Å². The van der Waals surface area contributed by atoms with E-state index in [4.69, 9.17) is 9.88 Å². The lowest BCUT2D eigenvalue weighted by molar-refractivity contribution is 0.0519. The number of benzene rings is 1. The van der Waals surface area contributed by atoms with Gasteiger partial charge in [0.25, 0.3) is 0 Å². The Morgan fingerprint density at radius 1 is 1.32 bits per heavy atom. The Kier molecular flexibility index (Phi) is 4.34. The molecule has 1 aromatic carbocycles. The standard InChI is InChI=1S/C14H17N3O4S/c1-4-21-14(18)12-8-10(3)17(16-12)11-5-6-13(9(2)7-11)22(15,19)20/h5-8H,4H2,1-3H3,(H2,15,19,20). The number of rotatable bonds is 4. The molecule has 0 aliphatic carbocycles. The van der Waals surface area contributed by atoms with Gasteiger partial charge in [0.15, 0.2) is 5.69 Å². The fourth-order valence-electron chi connectivity index (χ4n) is 2.13. The van der Waals surface area contributed by atoms with E-state index in [9.17, 15) is 13.2 Å². The number of nitrogens with zero attached hydrogens (tertiary/aromatic N) is 2. The minimum absolute atomic E-state index is 0.0617. The number of nitrogens with two attached hydrogens (primary N) is 1. The third-order valence-electron chi connectivity index (χ3n) is 3.08. The van der Waals surface area contributed by atoms with Gasteiger partial charge in [-0.15, -0.1) is 0 Å². The molecule has 8 heteroatoms. The first-order chi connectivity index (χ1) is 10.2. The first-order valence-electron chi connectivity index (χ1n) is 6.61. The average molecular weight is 323 g/mol. The first kappa shape index (κ1) is 16.2. The number of hydrogen-bond acceptors (Lipinski definition) is 5. The van der Waals surface area contributed by atoms with Gasteiger partial charge in [-0.2, -0.15) is 5.10 Å². The van der Waals surface area contributed by atoms with Gasteiger partial charge in [-0.1, -0.05) is 0 Å². The zero-order valence-electron chi connectivity index (χ0n) is 12.5. The Labute approximate surface area is 128 Å². The Balaban J connectivity index is 2.45. The number of ether oxygens (including phenoxy) is 1. The molecule has 0 fully saturated rings. The Hall–Kier alpha value is -2.19. The highest BCUT2D eigenvalue weighted by atomic mass is 32.2. The number of carbonyl (C=O) groups is 1. The Morgan fingerprint density at radius 3 is 2.55 bits per heavy atom. The largest absolute Gasteiger partial charge is 0.461 e. The number of primary sulfonamides is 1. The van der Waals surface area contributed by atoms with Gasteiger partial charge in [0.2, 0.25) is 10.0 Å². The molecule has 0 amide bonds. The van der Waals surface area contributed by atoms with E-state index in [2.05, 4.69) is 5.10 Å². The molecular weight excluding hydrogens is 306 g/mol. The summed E-state index contributed by atoms with van der Waals surface area (Å²) >= 11 is 0. The van der Waals surface area contributed by atoms with E-state index in [1.807, 2.05) is 0 Å². The zero-order chi connectivity index (χ0) is 16.5. The summed E-state index contributed by atoms with van der Waals surface area (Å²) in [6.07, 6.45) is 0. The van der Waals surface area contributed by atoms with Crippen molar-refractivity contribution < 1.29 is 17.9 Å². The predicted octanol–water partition coefficient (Wildman–Crippen LogP) is 1.31. The second-order valence-electron chi connectivity index (χ2n) is 4.80. The zero-order valence-corrected chi connectivity index (χ0v) is 13.3. The lowest BCUT2D eigenvalue weighted by Crippen LogP contribution is -2.14. The summed E-state index contributed by atoms with van der Waals surface area (Å²) in [4.78, 5) is 11.8. The van der Waals surface area contributed by atoms with Crippen molar-refractivity contribution in [1.82, 2.24) is 9.78 Å². The van der Waals surface area contributed by atoms with Crippen molar-refractivity contribution in [1.29, 1.82) is 0 Å². The van der Waals surface area contributed by atoms with Crippen LogP contribution in [0.15, 0.2) is 29.2 Å². The maximum Gasteiger partial charge on any atom is 0.358 e. The van der Waals surface area contributed by atoms with Crippen molar-refractivity contribution >= 4 is 16.0 Å². The molecule has 0 radical (unpaired) electrons. The van der Waals surface area contributed by atoms with Crippen LogP contribution >= 0.6 is 0 Å². The van der Waals surface area contributed by atoms with Gasteiger partial charge in [-0.05, 0) is 50.6 Å². The smallest absolute Gasteiger partial charge is 0.358 e. The number of carbonyl (C=O) groups excluding carboxylic acids is 1. The van der Waals surface area contributed by atoms with Crippen molar-refractivity contribution in [2.24, 2.45) is 5.14 Å². The number of aryl methyl sites for hydroxylation is 2. The Bertz CT molecular complexity index is 825. The molecule has 1 heterocycles. The van der Waals surface area contributed by atoms with Crippen LogP contribution in [-0.2, 0) is 14.8 Å². The van der Waals surface area contributed by atoms with E-state index < -0.39 is 16.0 Å². The van der Waals surface area contributed by atoms with Crippen molar-refractivity contribution in [3.05, 3.63) is 41.2 Å². The maximum absolute atomic E-state index is 11.7. The van der Waals surface area contributed by atoms with Crippen LogP contribution in [0.5, 0.6) is 0 Å². The minimum atomic E-state index is -3.76. The second-order valence-corrected chi connectivity index (χ2v) is 6.33. The predicted molar refractivity (Wildman–Crippen MR) is 80.4 cm³/mol. The highest BCUT2D eigenvalue weighted by Gasteiger charge is 2.16. The van der Waals surface area contributed by atoms with Gasteiger partial charge in [0, 0.05) is 5.69 Å². The maximum atomic E-state index is 11.7. The third kappa shape index (κ3) is 3.18. The normalized spacial score (nSPS) is 11.5. The van der Waals surface area contributed by atoms with E-state index in [-0.39, 0.29) is 17.2 Å². The number of sulfonamides is 1. The van der Waals surface area contributed by atoms with Gasteiger partial charge in [-0.3, -0.25) is 0 Å². The van der Waals surface area contributed by atoms with Crippen molar-refractivity contribution in [3.63, 3.8) is 0 Å². The first-order valence-corrected chi connectivity index (χ1v) is 8.16. The topological polar surface area (TPSA) is 104 Å². The van der Waals surface area contributed by atoms with E-state index in [0.29, 0.717) is 11.3 Å². The summed E-state index contributed by atoms with van der Waals surface area (Å²) < 4.78 is 29.3. The highest BCUT2D eigenvalue weighted by molar-refractivity contribution is 7.89. The second kappa shape index (κ2) is 5.90. The third-order valence-corrected chi connectivity index (χ3v) is 4.15. The highest BCUT2D eigenvalue weighted by Crippen LogP contribution is 2.19. The van der Waals surface area contributed by atoms with Gasteiger partial charge in [0.05, 0.1) is 17.2 Å². The molecular formula is C14H17N3O4S. The molecule has 0 aliphatic rings.